The lowest BCUT2D eigenvalue weighted by molar-refractivity contribution is -0.127. The molecule has 2 atom stereocenters. The zero-order valence-corrected chi connectivity index (χ0v) is 15.5. The number of carbonyl (C=O) groups is 1. The van der Waals surface area contributed by atoms with Crippen LogP contribution >= 0.6 is 15.9 Å². The molecule has 23 heavy (non-hydrogen) atoms. The third kappa shape index (κ3) is 4.83. The summed E-state index contributed by atoms with van der Waals surface area (Å²) in [6.45, 7) is 7.86. The van der Waals surface area contributed by atoms with Crippen LogP contribution in [0.2, 0.25) is 0 Å². The minimum absolute atomic E-state index is 0.0571. The highest BCUT2D eigenvalue weighted by atomic mass is 79.9. The van der Waals surface area contributed by atoms with E-state index in [4.69, 9.17) is 4.74 Å². The molecular weight excluding hydrogens is 354 g/mol. The van der Waals surface area contributed by atoms with Gasteiger partial charge < -0.3 is 10.1 Å². The van der Waals surface area contributed by atoms with E-state index in [1.54, 1.807) is 6.92 Å². The van der Waals surface area contributed by atoms with Gasteiger partial charge in [0.1, 0.15) is 5.75 Å². The number of hydrogen-bond acceptors (Lipinski definition) is 2. The average molecular weight is 376 g/mol. The molecule has 4 heteroatoms. The topological polar surface area (TPSA) is 38.3 Å². The molecule has 2 rings (SSSR count). The first-order chi connectivity index (χ1) is 10.9. The van der Waals surface area contributed by atoms with Gasteiger partial charge in [-0.05, 0) is 63.1 Å². The Labute approximate surface area is 146 Å². The summed E-state index contributed by atoms with van der Waals surface area (Å²) in [7, 11) is 0. The summed E-state index contributed by atoms with van der Waals surface area (Å²) in [6, 6.07) is 13.7. The van der Waals surface area contributed by atoms with Crippen LogP contribution < -0.4 is 10.1 Å². The fraction of sp³-hybridized carbons (Fsp3) is 0.316. The maximum absolute atomic E-state index is 12.3. The minimum atomic E-state index is -0.552. The van der Waals surface area contributed by atoms with Crippen LogP contribution in [0.15, 0.2) is 46.9 Å². The van der Waals surface area contributed by atoms with E-state index < -0.39 is 6.10 Å². The molecule has 0 fully saturated rings. The molecule has 0 aliphatic carbocycles. The van der Waals surface area contributed by atoms with Crippen LogP contribution in [-0.2, 0) is 4.79 Å². The lowest BCUT2D eigenvalue weighted by Gasteiger charge is -2.20. The highest BCUT2D eigenvalue weighted by molar-refractivity contribution is 9.10. The van der Waals surface area contributed by atoms with Crippen molar-refractivity contribution in [3.05, 3.63) is 63.6 Å². The molecule has 3 nitrogen and oxygen atoms in total. The molecule has 2 aromatic carbocycles. The molecule has 1 amide bonds. The molecule has 0 bridgehead atoms. The third-order valence-corrected chi connectivity index (χ3v) is 4.28. The maximum Gasteiger partial charge on any atom is 0.261 e. The van der Waals surface area contributed by atoms with Gasteiger partial charge in [-0.3, -0.25) is 4.79 Å². The number of aryl methyl sites for hydroxylation is 2. The van der Waals surface area contributed by atoms with Crippen molar-refractivity contribution in [3.63, 3.8) is 0 Å². The van der Waals surface area contributed by atoms with Gasteiger partial charge in [0, 0.05) is 4.47 Å². The normalized spacial score (nSPS) is 13.3. The van der Waals surface area contributed by atoms with Gasteiger partial charge in [-0.1, -0.05) is 39.7 Å². The van der Waals surface area contributed by atoms with E-state index in [-0.39, 0.29) is 11.9 Å². The maximum atomic E-state index is 12.3. The highest BCUT2D eigenvalue weighted by Gasteiger charge is 2.18. The Morgan fingerprint density at radius 3 is 2.39 bits per heavy atom. The second kappa shape index (κ2) is 7.64. The number of nitrogens with one attached hydrogen (secondary N) is 1. The fourth-order valence-electron chi connectivity index (χ4n) is 2.41. The summed E-state index contributed by atoms with van der Waals surface area (Å²) in [4.78, 5) is 12.3. The molecule has 0 aromatic heterocycles. The van der Waals surface area contributed by atoms with Crippen LogP contribution in [0.4, 0.5) is 0 Å². The Hall–Kier alpha value is -1.81. The zero-order valence-electron chi connectivity index (χ0n) is 13.9. The molecule has 0 saturated carbocycles. The van der Waals surface area contributed by atoms with Crippen LogP contribution in [0.25, 0.3) is 0 Å². The number of carbonyl (C=O) groups excluding carboxylic acids is 1. The van der Waals surface area contributed by atoms with Gasteiger partial charge in [-0.15, -0.1) is 0 Å². The summed E-state index contributed by atoms with van der Waals surface area (Å²) in [5.41, 5.74) is 3.49. The van der Waals surface area contributed by atoms with E-state index in [0.717, 1.165) is 10.0 Å². The third-order valence-electron chi connectivity index (χ3n) is 3.76. The summed E-state index contributed by atoms with van der Waals surface area (Å²) in [5.74, 6) is 0.552. The first-order valence-corrected chi connectivity index (χ1v) is 8.46. The Bertz CT molecular complexity index is 682. The molecule has 2 aromatic rings. The summed E-state index contributed by atoms with van der Waals surface area (Å²) >= 11 is 3.38. The number of benzene rings is 2. The van der Waals surface area contributed by atoms with E-state index in [1.165, 1.54) is 11.1 Å². The first kappa shape index (κ1) is 17.5. The predicted octanol–water partition coefficient (Wildman–Crippen LogP) is 4.71. The van der Waals surface area contributed by atoms with E-state index in [1.807, 2.05) is 31.2 Å². The van der Waals surface area contributed by atoms with E-state index in [0.29, 0.717) is 5.75 Å². The molecule has 0 aliphatic heterocycles. The molecule has 0 aliphatic rings. The van der Waals surface area contributed by atoms with Crippen molar-refractivity contribution in [2.45, 2.75) is 39.8 Å². The number of hydrogen-bond donors (Lipinski definition) is 1. The van der Waals surface area contributed by atoms with Gasteiger partial charge in [-0.25, -0.2) is 0 Å². The number of rotatable bonds is 5. The Morgan fingerprint density at radius 1 is 1.09 bits per heavy atom. The van der Waals surface area contributed by atoms with Crippen LogP contribution in [0.5, 0.6) is 5.75 Å². The quantitative estimate of drug-likeness (QED) is 0.821. The largest absolute Gasteiger partial charge is 0.481 e. The van der Waals surface area contributed by atoms with Crippen molar-refractivity contribution in [1.29, 1.82) is 0 Å². The van der Waals surface area contributed by atoms with E-state index in [2.05, 4.69) is 53.3 Å². The van der Waals surface area contributed by atoms with Crippen molar-refractivity contribution in [3.8, 4) is 5.75 Å². The number of halogens is 1. The van der Waals surface area contributed by atoms with Crippen molar-refractivity contribution in [2.75, 3.05) is 0 Å². The summed E-state index contributed by atoms with van der Waals surface area (Å²) in [5, 5.41) is 3.02. The van der Waals surface area contributed by atoms with Crippen molar-refractivity contribution in [1.82, 2.24) is 5.32 Å². The Balaban J connectivity index is 2.00. The Kier molecular flexibility index (Phi) is 5.83. The van der Waals surface area contributed by atoms with Crippen LogP contribution in [0, 0.1) is 13.8 Å². The smallest absolute Gasteiger partial charge is 0.261 e. The van der Waals surface area contributed by atoms with Crippen molar-refractivity contribution < 1.29 is 9.53 Å². The SMILES string of the molecule is Cc1ccc(C)c([C@@H](C)NC(=O)[C@@H](C)Oc2ccc(Br)cc2)c1. The fourth-order valence-corrected chi connectivity index (χ4v) is 2.67. The zero-order chi connectivity index (χ0) is 17.0. The highest BCUT2D eigenvalue weighted by Crippen LogP contribution is 2.20. The van der Waals surface area contributed by atoms with Gasteiger partial charge in [0.25, 0.3) is 5.91 Å². The van der Waals surface area contributed by atoms with Crippen molar-refractivity contribution >= 4 is 21.8 Å². The summed E-state index contributed by atoms with van der Waals surface area (Å²) < 4.78 is 6.67. The molecule has 0 unspecified atom stereocenters. The van der Waals surface area contributed by atoms with Gasteiger partial charge in [0.05, 0.1) is 6.04 Å². The van der Waals surface area contributed by atoms with Gasteiger partial charge in [0.2, 0.25) is 0 Å². The van der Waals surface area contributed by atoms with Gasteiger partial charge in [0.15, 0.2) is 6.10 Å². The molecule has 0 heterocycles. The molecular formula is C19H22BrNO2. The van der Waals surface area contributed by atoms with Crippen LogP contribution in [-0.4, -0.2) is 12.0 Å². The summed E-state index contributed by atoms with van der Waals surface area (Å²) in [6.07, 6.45) is -0.552. The first-order valence-electron chi connectivity index (χ1n) is 7.66. The lowest BCUT2D eigenvalue weighted by atomic mass is 10.00. The number of ether oxygens (including phenoxy) is 1. The second-order valence-corrected chi connectivity index (χ2v) is 6.72. The van der Waals surface area contributed by atoms with Gasteiger partial charge >= 0.3 is 0 Å². The van der Waals surface area contributed by atoms with Gasteiger partial charge in [-0.2, -0.15) is 0 Å². The lowest BCUT2D eigenvalue weighted by Crippen LogP contribution is -2.38. The van der Waals surface area contributed by atoms with Crippen LogP contribution in [0.1, 0.15) is 36.6 Å². The standard InChI is InChI=1S/C19H22BrNO2/c1-12-5-6-13(2)18(11-12)14(3)21-19(22)15(4)23-17-9-7-16(20)8-10-17/h5-11,14-15H,1-4H3,(H,21,22)/t14-,15-/m1/s1. The monoisotopic (exact) mass is 375 g/mol. The molecule has 122 valence electrons. The van der Waals surface area contributed by atoms with Crippen LogP contribution in [0.3, 0.4) is 0 Å². The molecule has 0 radical (unpaired) electrons. The number of amides is 1. The molecule has 1 N–H and O–H groups in total. The van der Waals surface area contributed by atoms with E-state index >= 15 is 0 Å². The second-order valence-electron chi connectivity index (χ2n) is 5.80. The van der Waals surface area contributed by atoms with E-state index in [9.17, 15) is 4.79 Å². The molecule has 0 saturated heterocycles. The average Bonchev–Trinajstić information content (AvgIpc) is 2.51. The molecule has 0 spiro atoms. The Morgan fingerprint density at radius 2 is 1.74 bits per heavy atom. The van der Waals surface area contributed by atoms with Crippen molar-refractivity contribution in [2.24, 2.45) is 0 Å². The predicted molar refractivity (Wildman–Crippen MR) is 96.7 cm³/mol. The minimum Gasteiger partial charge on any atom is -0.481 e.